The van der Waals surface area contributed by atoms with Gasteiger partial charge in [0.25, 0.3) is 0 Å². The molecule has 1 heterocycles. The zero-order valence-corrected chi connectivity index (χ0v) is 10.3. The third kappa shape index (κ3) is 2.95. The Morgan fingerprint density at radius 1 is 1.47 bits per heavy atom. The summed E-state index contributed by atoms with van der Waals surface area (Å²) in [5, 5.41) is 7.22. The molecule has 8 heteroatoms. The quantitative estimate of drug-likeness (QED) is 0.674. The monoisotopic (exact) mass is 264 g/mol. The summed E-state index contributed by atoms with van der Waals surface area (Å²) in [7, 11) is -3.90. The Morgan fingerprint density at radius 3 is 2.53 bits per heavy atom. The second-order valence-corrected chi connectivity index (χ2v) is 6.38. The number of sulfonamides is 1. The summed E-state index contributed by atoms with van der Waals surface area (Å²) in [6.07, 6.45) is 1.06. The molecule has 0 saturated carbocycles. The third-order valence-corrected chi connectivity index (χ3v) is 5.09. The molecule has 2 unspecified atom stereocenters. The first kappa shape index (κ1) is 13.9. The van der Waals surface area contributed by atoms with E-state index >= 15 is 0 Å². The van der Waals surface area contributed by atoms with E-state index < -0.39 is 33.1 Å². The van der Waals surface area contributed by atoms with Crippen LogP contribution in [0.15, 0.2) is 0 Å². The number of nitrogens with two attached hydrogens (primary N) is 1. The zero-order chi connectivity index (χ0) is 13.2. The fraction of sp³-hybridized carbons (Fsp3) is 0.778. The van der Waals surface area contributed by atoms with Gasteiger partial charge in [-0.25, -0.2) is 12.7 Å². The van der Waals surface area contributed by atoms with Crippen LogP contribution in [0, 0.1) is 5.92 Å². The van der Waals surface area contributed by atoms with Gasteiger partial charge in [-0.15, -0.1) is 0 Å². The smallest absolute Gasteiger partial charge is 0.323 e. The molecule has 0 aliphatic carbocycles. The van der Waals surface area contributed by atoms with Gasteiger partial charge in [0.15, 0.2) is 5.25 Å². The van der Waals surface area contributed by atoms with E-state index in [0.29, 0.717) is 12.8 Å². The van der Waals surface area contributed by atoms with Crippen molar-refractivity contribution in [3.05, 3.63) is 0 Å². The summed E-state index contributed by atoms with van der Waals surface area (Å²) in [6.45, 7) is 1.34. The standard InChI is InChI=1S/C9H16N2O5S/c1-6(9(13)14)17(15,16)11-4-2-3-7(5-11)8(10)12/h6-7H,2-5H2,1H3,(H2,10,12)(H,13,14). The van der Waals surface area contributed by atoms with Gasteiger partial charge in [-0.2, -0.15) is 0 Å². The molecule has 0 radical (unpaired) electrons. The molecule has 7 nitrogen and oxygen atoms in total. The number of carbonyl (C=O) groups excluding carboxylic acids is 1. The average molecular weight is 264 g/mol. The number of hydrogen-bond acceptors (Lipinski definition) is 4. The Bertz CT molecular complexity index is 419. The molecular weight excluding hydrogens is 248 g/mol. The van der Waals surface area contributed by atoms with Crippen molar-refractivity contribution in [2.45, 2.75) is 25.0 Å². The van der Waals surface area contributed by atoms with E-state index in [-0.39, 0.29) is 13.1 Å². The maximum absolute atomic E-state index is 11.9. The molecule has 2 atom stereocenters. The van der Waals surface area contributed by atoms with Gasteiger partial charge in [0.05, 0.1) is 5.92 Å². The molecule has 1 fully saturated rings. The van der Waals surface area contributed by atoms with Gasteiger partial charge in [-0.05, 0) is 19.8 Å². The molecule has 1 rings (SSSR count). The summed E-state index contributed by atoms with van der Waals surface area (Å²) in [4.78, 5) is 21.7. The molecule has 98 valence electrons. The van der Waals surface area contributed by atoms with Gasteiger partial charge >= 0.3 is 5.97 Å². The van der Waals surface area contributed by atoms with Crippen LogP contribution in [0.4, 0.5) is 0 Å². The lowest BCUT2D eigenvalue weighted by atomic mass is 9.99. The number of rotatable bonds is 4. The zero-order valence-electron chi connectivity index (χ0n) is 9.50. The minimum Gasteiger partial charge on any atom is -0.480 e. The van der Waals surface area contributed by atoms with Crippen molar-refractivity contribution in [1.29, 1.82) is 0 Å². The summed E-state index contributed by atoms with van der Waals surface area (Å²) in [6, 6.07) is 0. The molecule has 0 spiro atoms. The Balaban J connectivity index is 2.85. The Kier molecular flexibility index (Phi) is 4.10. The number of primary amides is 1. The minimum atomic E-state index is -3.90. The molecule has 1 amide bonds. The summed E-state index contributed by atoms with van der Waals surface area (Å²) in [5.74, 6) is -2.47. The third-order valence-electron chi connectivity index (χ3n) is 2.94. The normalized spacial score (nSPS) is 24.2. The highest BCUT2D eigenvalue weighted by Crippen LogP contribution is 2.21. The van der Waals surface area contributed by atoms with Gasteiger partial charge in [-0.3, -0.25) is 9.59 Å². The fourth-order valence-corrected chi connectivity index (χ4v) is 3.23. The van der Waals surface area contributed by atoms with Crippen molar-refractivity contribution in [2.24, 2.45) is 11.7 Å². The van der Waals surface area contributed by atoms with E-state index in [4.69, 9.17) is 10.8 Å². The summed E-state index contributed by atoms with van der Waals surface area (Å²) < 4.78 is 24.8. The van der Waals surface area contributed by atoms with E-state index in [1.807, 2.05) is 0 Å². The van der Waals surface area contributed by atoms with Gasteiger partial charge in [0, 0.05) is 13.1 Å². The lowest BCUT2D eigenvalue weighted by Gasteiger charge is -2.31. The first-order valence-electron chi connectivity index (χ1n) is 5.28. The molecule has 0 bridgehead atoms. The van der Waals surface area contributed by atoms with Crippen molar-refractivity contribution in [3.63, 3.8) is 0 Å². The number of aliphatic carboxylic acids is 1. The predicted molar refractivity (Wildman–Crippen MR) is 59.5 cm³/mol. The van der Waals surface area contributed by atoms with E-state index in [9.17, 15) is 18.0 Å². The molecule has 3 N–H and O–H groups in total. The summed E-state index contributed by atoms with van der Waals surface area (Å²) in [5.41, 5.74) is 5.13. The van der Waals surface area contributed by atoms with Crippen LogP contribution in [0.2, 0.25) is 0 Å². The number of carboxylic acids is 1. The van der Waals surface area contributed by atoms with Crippen LogP contribution in [0.5, 0.6) is 0 Å². The molecule has 1 aliphatic rings. The Labute approximate surface area is 99.6 Å². The first-order chi connectivity index (χ1) is 7.76. The van der Waals surface area contributed by atoms with Crippen LogP contribution in [-0.2, 0) is 19.6 Å². The van der Waals surface area contributed by atoms with Crippen molar-refractivity contribution < 1.29 is 23.1 Å². The van der Waals surface area contributed by atoms with Crippen LogP contribution in [0.1, 0.15) is 19.8 Å². The van der Waals surface area contributed by atoms with E-state index in [1.165, 1.54) is 0 Å². The van der Waals surface area contributed by atoms with Crippen molar-refractivity contribution in [3.8, 4) is 0 Å². The predicted octanol–water partition coefficient (Wildman–Crippen LogP) is -1.01. The first-order valence-corrected chi connectivity index (χ1v) is 6.78. The maximum atomic E-state index is 11.9. The largest absolute Gasteiger partial charge is 0.480 e. The highest BCUT2D eigenvalue weighted by atomic mass is 32.2. The molecule has 0 aromatic heterocycles. The average Bonchev–Trinajstić information content (AvgIpc) is 2.28. The van der Waals surface area contributed by atoms with Crippen molar-refractivity contribution in [1.82, 2.24) is 4.31 Å². The number of carboxylic acid groups (broad SMARTS) is 1. The topological polar surface area (TPSA) is 118 Å². The van der Waals surface area contributed by atoms with Gasteiger partial charge in [0.1, 0.15) is 0 Å². The van der Waals surface area contributed by atoms with E-state index in [1.54, 1.807) is 0 Å². The van der Waals surface area contributed by atoms with Crippen LogP contribution in [-0.4, -0.2) is 48.0 Å². The number of nitrogens with zero attached hydrogens (tertiary/aromatic N) is 1. The fourth-order valence-electron chi connectivity index (χ4n) is 1.76. The lowest BCUT2D eigenvalue weighted by Crippen LogP contribution is -2.48. The number of carbonyl (C=O) groups is 2. The van der Waals surface area contributed by atoms with Gasteiger partial charge in [-0.1, -0.05) is 0 Å². The van der Waals surface area contributed by atoms with E-state index in [0.717, 1.165) is 11.2 Å². The van der Waals surface area contributed by atoms with Crippen LogP contribution in [0.3, 0.4) is 0 Å². The maximum Gasteiger partial charge on any atom is 0.323 e. The van der Waals surface area contributed by atoms with Crippen LogP contribution in [0.25, 0.3) is 0 Å². The second kappa shape index (κ2) is 5.01. The van der Waals surface area contributed by atoms with Crippen molar-refractivity contribution >= 4 is 21.9 Å². The van der Waals surface area contributed by atoms with Crippen LogP contribution >= 0.6 is 0 Å². The lowest BCUT2D eigenvalue weighted by molar-refractivity contribution is -0.136. The SMILES string of the molecule is CC(C(=O)O)S(=O)(=O)N1CCCC(C(N)=O)C1. The second-order valence-electron chi connectivity index (χ2n) is 4.12. The molecule has 0 aromatic rings. The molecule has 0 aromatic carbocycles. The minimum absolute atomic E-state index is 0.0186. The van der Waals surface area contributed by atoms with E-state index in [2.05, 4.69) is 0 Å². The van der Waals surface area contributed by atoms with Gasteiger partial charge < -0.3 is 10.8 Å². The highest BCUT2D eigenvalue weighted by Gasteiger charge is 2.37. The van der Waals surface area contributed by atoms with Crippen molar-refractivity contribution in [2.75, 3.05) is 13.1 Å². The highest BCUT2D eigenvalue weighted by molar-refractivity contribution is 7.90. The Hall–Kier alpha value is -1.15. The molecule has 17 heavy (non-hydrogen) atoms. The molecule has 1 aliphatic heterocycles. The van der Waals surface area contributed by atoms with Gasteiger partial charge in [0.2, 0.25) is 15.9 Å². The number of piperidine rings is 1. The Morgan fingerprint density at radius 2 is 2.06 bits per heavy atom. The van der Waals surface area contributed by atoms with Crippen LogP contribution < -0.4 is 5.73 Å². The molecular formula is C9H16N2O5S. The number of amides is 1. The molecule has 1 saturated heterocycles. The number of hydrogen-bond donors (Lipinski definition) is 2. The summed E-state index contributed by atoms with van der Waals surface area (Å²) >= 11 is 0.